The van der Waals surface area contributed by atoms with Gasteiger partial charge in [0.15, 0.2) is 0 Å². The molecule has 0 radical (unpaired) electrons. The van der Waals surface area contributed by atoms with E-state index in [9.17, 15) is 8.42 Å². The van der Waals surface area contributed by atoms with Gasteiger partial charge in [-0.05, 0) is 6.07 Å². The van der Waals surface area contributed by atoms with Gasteiger partial charge in [-0.1, -0.05) is 0 Å². The van der Waals surface area contributed by atoms with Crippen molar-refractivity contribution < 1.29 is 8.42 Å². The van der Waals surface area contributed by atoms with E-state index in [1.54, 1.807) is 17.8 Å². The molecule has 1 aromatic heterocycles. The molecule has 7 heteroatoms. The zero-order valence-corrected chi connectivity index (χ0v) is 9.06. The minimum absolute atomic E-state index is 0.236. The highest BCUT2D eigenvalue weighted by Crippen LogP contribution is 2.39. The number of nitrogens with one attached hydrogen (secondary N) is 1. The van der Waals surface area contributed by atoms with E-state index in [1.807, 2.05) is 0 Å². The van der Waals surface area contributed by atoms with E-state index in [1.165, 1.54) is 11.3 Å². The van der Waals surface area contributed by atoms with Crippen molar-refractivity contribution in [2.45, 2.75) is 8.42 Å². The van der Waals surface area contributed by atoms with Gasteiger partial charge in [-0.15, -0.1) is 23.1 Å². The summed E-state index contributed by atoms with van der Waals surface area (Å²) in [6.07, 6.45) is 0. The summed E-state index contributed by atoms with van der Waals surface area (Å²) < 4.78 is 23.2. The molecule has 3 N–H and O–H groups in total. The summed E-state index contributed by atoms with van der Waals surface area (Å²) in [6.45, 7) is 0.873. The van der Waals surface area contributed by atoms with Gasteiger partial charge in [-0.25, -0.2) is 13.6 Å². The predicted octanol–water partition coefficient (Wildman–Crippen LogP) is 0.913. The van der Waals surface area contributed by atoms with Crippen molar-refractivity contribution in [1.82, 2.24) is 0 Å². The molecule has 72 valence electrons. The van der Waals surface area contributed by atoms with Crippen LogP contribution in [0.1, 0.15) is 0 Å². The summed E-state index contributed by atoms with van der Waals surface area (Å²) in [4.78, 5) is 0. The second kappa shape index (κ2) is 3.16. The van der Waals surface area contributed by atoms with E-state index in [4.69, 9.17) is 5.14 Å². The van der Waals surface area contributed by atoms with E-state index in [0.29, 0.717) is 0 Å². The Balaban J connectivity index is 2.47. The summed E-state index contributed by atoms with van der Waals surface area (Å²) in [5, 5.41) is 8.14. The molecule has 2 heterocycles. The molecule has 13 heavy (non-hydrogen) atoms. The fourth-order valence-electron chi connectivity index (χ4n) is 1.05. The molecule has 0 aliphatic carbocycles. The molecular formula is C6H8N2O2S3. The van der Waals surface area contributed by atoms with Crippen LogP contribution in [0, 0.1) is 0 Å². The van der Waals surface area contributed by atoms with Crippen LogP contribution in [0.4, 0.5) is 5.69 Å². The molecule has 0 bridgehead atoms. The standard InChI is InChI=1S/C6H8N2O2S3/c7-13(9,10)5-3-4-6(12-5)11-2-1-8-4/h3,8H,1-2H2,(H2,7,9,10). The lowest BCUT2D eigenvalue weighted by molar-refractivity contribution is 0.600. The summed E-state index contributed by atoms with van der Waals surface area (Å²) in [5.74, 6) is 0.970. The average Bonchev–Trinajstić information content (AvgIpc) is 2.45. The topological polar surface area (TPSA) is 72.2 Å². The molecule has 0 atom stereocenters. The van der Waals surface area contributed by atoms with Crippen molar-refractivity contribution in [3.8, 4) is 0 Å². The van der Waals surface area contributed by atoms with Gasteiger partial charge in [0.2, 0.25) is 10.0 Å². The van der Waals surface area contributed by atoms with Crippen molar-refractivity contribution in [3.63, 3.8) is 0 Å². The first-order valence-electron chi connectivity index (χ1n) is 3.61. The smallest absolute Gasteiger partial charge is 0.247 e. The Bertz CT molecular complexity index is 400. The van der Waals surface area contributed by atoms with E-state index < -0.39 is 10.0 Å². The molecule has 0 amide bonds. The SMILES string of the molecule is NS(=O)(=O)c1cc2c(s1)SCCN2. The maximum Gasteiger partial charge on any atom is 0.247 e. The Morgan fingerprint density at radius 3 is 2.92 bits per heavy atom. The van der Waals surface area contributed by atoms with Gasteiger partial charge in [0.25, 0.3) is 0 Å². The molecule has 0 saturated carbocycles. The lowest BCUT2D eigenvalue weighted by atomic mass is 10.5. The maximum absolute atomic E-state index is 11.0. The normalized spacial score (nSPS) is 16.4. The maximum atomic E-state index is 11.0. The number of sulfonamides is 1. The number of anilines is 1. The number of fused-ring (bicyclic) bond motifs is 1. The van der Waals surface area contributed by atoms with Crippen molar-refractivity contribution in [1.29, 1.82) is 0 Å². The minimum Gasteiger partial charge on any atom is -0.383 e. The molecule has 1 aromatic rings. The first-order valence-corrected chi connectivity index (χ1v) is 6.95. The molecule has 0 spiro atoms. The third-order valence-electron chi connectivity index (χ3n) is 1.61. The zero-order chi connectivity index (χ0) is 9.47. The van der Waals surface area contributed by atoms with E-state index in [0.717, 1.165) is 22.2 Å². The van der Waals surface area contributed by atoms with E-state index >= 15 is 0 Å². The Kier molecular flexibility index (Phi) is 2.26. The van der Waals surface area contributed by atoms with Crippen LogP contribution in [0.15, 0.2) is 14.5 Å². The number of thioether (sulfide) groups is 1. The Labute approximate surface area is 84.6 Å². The Morgan fingerprint density at radius 2 is 2.31 bits per heavy atom. The zero-order valence-electron chi connectivity index (χ0n) is 6.61. The van der Waals surface area contributed by atoms with Crippen molar-refractivity contribution >= 4 is 38.8 Å². The number of primary sulfonamides is 1. The highest BCUT2D eigenvalue weighted by Gasteiger charge is 2.18. The molecular weight excluding hydrogens is 228 g/mol. The van der Waals surface area contributed by atoms with Crippen molar-refractivity contribution in [3.05, 3.63) is 6.07 Å². The number of thiophene rings is 1. The van der Waals surface area contributed by atoms with Crippen LogP contribution in [-0.2, 0) is 10.0 Å². The van der Waals surface area contributed by atoms with E-state index in [-0.39, 0.29) is 4.21 Å². The summed E-state index contributed by atoms with van der Waals surface area (Å²) in [7, 11) is -3.53. The third-order valence-corrected chi connectivity index (χ3v) is 5.45. The summed E-state index contributed by atoms with van der Waals surface area (Å²) in [5.41, 5.74) is 0.894. The molecule has 0 unspecified atom stereocenters. The Morgan fingerprint density at radius 1 is 1.54 bits per heavy atom. The molecule has 0 saturated heterocycles. The molecule has 0 aromatic carbocycles. The van der Waals surface area contributed by atoms with Crippen LogP contribution in [-0.4, -0.2) is 20.7 Å². The molecule has 2 rings (SSSR count). The van der Waals surface area contributed by atoms with Gasteiger partial charge < -0.3 is 5.32 Å². The lowest BCUT2D eigenvalue weighted by Gasteiger charge is -2.11. The van der Waals surface area contributed by atoms with Gasteiger partial charge >= 0.3 is 0 Å². The number of nitrogens with two attached hydrogens (primary N) is 1. The van der Waals surface area contributed by atoms with Crippen LogP contribution in [0.2, 0.25) is 0 Å². The number of hydrogen-bond acceptors (Lipinski definition) is 5. The predicted molar refractivity (Wildman–Crippen MR) is 54.9 cm³/mol. The van der Waals surface area contributed by atoms with Gasteiger partial charge in [-0.2, -0.15) is 0 Å². The van der Waals surface area contributed by atoms with Crippen LogP contribution >= 0.6 is 23.1 Å². The summed E-state index contributed by atoms with van der Waals surface area (Å²) >= 11 is 2.89. The molecule has 4 nitrogen and oxygen atoms in total. The fraction of sp³-hybridized carbons (Fsp3) is 0.333. The van der Waals surface area contributed by atoms with Gasteiger partial charge in [-0.3, -0.25) is 0 Å². The molecule has 1 aliphatic heterocycles. The van der Waals surface area contributed by atoms with Crippen LogP contribution in [0.3, 0.4) is 0 Å². The quantitative estimate of drug-likeness (QED) is 0.760. The van der Waals surface area contributed by atoms with Gasteiger partial charge in [0.1, 0.15) is 4.21 Å². The van der Waals surface area contributed by atoms with Gasteiger partial charge in [0.05, 0.1) is 9.90 Å². The van der Waals surface area contributed by atoms with Crippen molar-refractivity contribution in [2.75, 3.05) is 17.6 Å². The van der Waals surface area contributed by atoms with Crippen LogP contribution in [0.25, 0.3) is 0 Å². The molecule has 1 aliphatic rings. The average molecular weight is 236 g/mol. The van der Waals surface area contributed by atoms with Crippen LogP contribution < -0.4 is 10.5 Å². The second-order valence-corrected chi connectivity index (χ2v) is 6.79. The number of hydrogen-bond donors (Lipinski definition) is 2. The number of rotatable bonds is 1. The first kappa shape index (κ1) is 9.32. The largest absolute Gasteiger partial charge is 0.383 e. The van der Waals surface area contributed by atoms with Crippen LogP contribution in [0.5, 0.6) is 0 Å². The van der Waals surface area contributed by atoms with Crippen molar-refractivity contribution in [2.24, 2.45) is 5.14 Å². The Hall–Kier alpha value is -0.240. The molecule has 0 fully saturated rings. The lowest BCUT2D eigenvalue weighted by Crippen LogP contribution is -2.10. The first-order chi connectivity index (χ1) is 6.07. The third kappa shape index (κ3) is 1.83. The highest BCUT2D eigenvalue weighted by molar-refractivity contribution is 8.01. The fourth-order valence-corrected chi connectivity index (χ4v) is 4.24. The summed E-state index contributed by atoms with van der Waals surface area (Å²) in [6, 6.07) is 1.60. The van der Waals surface area contributed by atoms with E-state index in [2.05, 4.69) is 5.32 Å². The monoisotopic (exact) mass is 236 g/mol. The van der Waals surface area contributed by atoms with Gasteiger partial charge in [0, 0.05) is 12.3 Å². The minimum atomic E-state index is -3.53. The second-order valence-electron chi connectivity index (χ2n) is 2.59. The highest BCUT2D eigenvalue weighted by atomic mass is 32.3.